The average Bonchev–Trinajstić information content (AvgIpc) is 2.80. The number of furan rings is 1. The van der Waals surface area contributed by atoms with Gasteiger partial charge in [-0.1, -0.05) is 23.2 Å². The van der Waals surface area contributed by atoms with Gasteiger partial charge in [0.25, 0.3) is 0 Å². The zero-order valence-corrected chi connectivity index (χ0v) is 10.4. The van der Waals surface area contributed by atoms with Crippen molar-refractivity contribution in [1.29, 1.82) is 0 Å². The molecule has 1 aromatic carbocycles. The molecule has 2 aromatic rings. The lowest BCUT2D eigenvalue weighted by Crippen LogP contribution is -2.06. The molecule has 2 rings (SSSR count). The molecular formula is C12H8Cl2O4. The number of halogens is 2. The van der Waals surface area contributed by atoms with Crippen molar-refractivity contribution in [3.05, 3.63) is 57.5 Å². The first-order valence-corrected chi connectivity index (χ1v) is 5.70. The monoisotopic (exact) mass is 286 g/mol. The van der Waals surface area contributed by atoms with E-state index in [1.54, 1.807) is 6.07 Å². The van der Waals surface area contributed by atoms with Crippen LogP contribution in [0.25, 0.3) is 0 Å². The van der Waals surface area contributed by atoms with Crippen LogP contribution in [0.2, 0.25) is 10.0 Å². The standard InChI is InChI=1S/C12H8Cl2O4/c13-6-1-2-9(14)8(5-6)10(15)11-7(12(16)17)3-4-18-11/h1-5,10,15H,(H,16,17). The second-order valence-electron chi connectivity index (χ2n) is 3.57. The van der Waals surface area contributed by atoms with Gasteiger partial charge in [-0.15, -0.1) is 0 Å². The zero-order chi connectivity index (χ0) is 13.3. The van der Waals surface area contributed by atoms with E-state index in [1.807, 2.05) is 0 Å². The molecule has 0 saturated carbocycles. The second kappa shape index (κ2) is 5.02. The molecule has 1 heterocycles. The summed E-state index contributed by atoms with van der Waals surface area (Å²) in [7, 11) is 0. The Labute approximate surface area is 112 Å². The molecule has 0 aliphatic heterocycles. The van der Waals surface area contributed by atoms with E-state index >= 15 is 0 Å². The Morgan fingerprint density at radius 3 is 2.67 bits per heavy atom. The summed E-state index contributed by atoms with van der Waals surface area (Å²) in [6, 6.07) is 5.81. The minimum Gasteiger partial charge on any atom is -0.478 e. The molecule has 18 heavy (non-hydrogen) atoms. The maximum absolute atomic E-state index is 10.9. The van der Waals surface area contributed by atoms with Gasteiger partial charge in [0, 0.05) is 15.6 Å². The first kappa shape index (κ1) is 13.0. The topological polar surface area (TPSA) is 70.7 Å². The molecule has 1 atom stereocenters. The predicted octanol–water partition coefficient (Wildman–Crippen LogP) is 3.37. The fourth-order valence-corrected chi connectivity index (χ4v) is 1.98. The van der Waals surface area contributed by atoms with Crippen molar-refractivity contribution >= 4 is 29.2 Å². The summed E-state index contributed by atoms with van der Waals surface area (Å²) < 4.78 is 5.00. The van der Waals surface area contributed by atoms with Crippen molar-refractivity contribution in [1.82, 2.24) is 0 Å². The molecule has 1 unspecified atom stereocenters. The van der Waals surface area contributed by atoms with Gasteiger partial charge in [-0.3, -0.25) is 0 Å². The lowest BCUT2D eigenvalue weighted by molar-refractivity contribution is 0.0687. The van der Waals surface area contributed by atoms with Crippen molar-refractivity contribution in [3.8, 4) is 0 Å². The molecule has 1 aromatic heterocycles. The number of aromatic carboxylic acids is 1. The molecule has 0 bridgehead atoms. The number of rotatable bonds is 3. The fraction of sp³-hybridized carbons (Fsp3) is 0.0833. The highest BCUT2D eigenvalue weighted by Gasteiger charge is 2.24. The average molecular weight is 287 g/mol. The summed E-state index contributed by atoms with van der Waals surface area (Å²) in [6.07, 6.45) is -0.0854. The van der Waals surface area contributed by atoms with E-state index in [0.717, 1.165) is 0 Å². The van der Waals surface area contributed by atoms with Crippen LogP contribution in [0.4, 0.5) is 0 Å². The Morgan fingerprint density at radius 1 is 1.28 bits per heavy atom. The lowest BCUT2D eigenvalue weighted by Gasteiger charge is -2.11. The van der Waals surface area contributed by atoms with Crippen LogP contribution in [0.1, 0.15) is 27.8 Å². The Morgan fingerprint density at radius 2 is 2.00 bits per heavy atom. The van der Waals surface area contributed by atoms with Crippen molar-refractivity contribution in [2.75, 3.05) is 0 Å². The Hall–Kier alpha value is -1.49. The number of carbonyl (C=O) groups is 1. The van der Waals surface area contributed by atoms with Crippen LogP contribution in [0, 0.1) is 0 Å². The summed E-state index contributed by atoms with van der Waals surface area (Å²) in [5, 5.41) is 19.7. The molecule has 0 amide bonds. The second-order valence-corrected chi connectivity index (χ2v) is 4.42. The molecule has 0 fully saturated rings. The summed E-state index contributed by atoms with van der Waals surface area (Å²) in [6.45, 7) is 0. The number of carboxylic acid groups (broad SMARTS) is 1. The normalized spacial score (nSPS) is 12.4. The largest absolute Gasteiger partial charge is 0.478 e. The molecule has 94 valence electrons. The number of aliphatic hydroxyl groups is 1. The maximum Gasteiger partial charge on any atom is 0.339 e. The minimum atomic E-state index is -1.28. The van der Waals surface area contributed by atoms with Crippen LogP contribution < -0.4 is 0 Å². The van der Waals surface area contributed by atoms with E-state index in [4.69, 9.17) is 32.7 Å². The van der Waals surface area contributed by atoms with Crippen molar-refractivity contribution in [3.63, 3.8) is 0 Å². The van der Waals surface area contributed by atoms with Gasteiger partial charge in [0.2, 0.25) is 0 Å². The minimum absolute atomic E-state index is 0.0772. The third kappa shape index (κ3) is 2.36. The number of hydrogen-bond donors (Lipinski definition) is 2. The molecular weight excluding hydrogens is 279 g/mol. The van der Waals surface area contributed by atoms with Crippen LogP contribution in [-0.4, -0.2) is 16.2 Å². The van der Waals surface area contributed by atoms with Gasteiger partial charge < -0.3 is 14.6 Å². The van der Waals surface area contributed by atoms with E-state index in [2.05, 4.69) is 0 Å². The molecule has 4 nitrogen and oxygen atoms in total. The van der Waals surface area contributed by atoms with E-state index in [9.17, 15) is 9.90 Å². The molecule has 6 heteroatoms. The van der Waals surface area contributed by atoms with Gasteiger partial charge in [-0.2, -0.15) is 0 Å². The molecule has 2 N–H and O–H groups in total. The van der Waals surface area contributed by atoms with E-state index in [1.165, 1.54) is 24.5 Å². The van der Waals surface area contributed by atoms with Crippen molar-refractivity contribution < 1.29 is 19.4 Å². The highest BCUT2D eigenvalue weighted by Crippen LogP contribution is 2.32. The van der Waals surface area contributed by atoms with Gasteiger partial charge >= 0.3 is 5.97 Å². The first-order chi connectivity index (χ1) is 8.50. The molecule has 0 spiro atoms. The first-order valence-electron chi connectivity index (χ1n) is 4.94. The highest BCUT2D eigenvalue weighted by atomic mass is 35.5. The number of benzene rings is 1. The Kier molecular flexibility index (Phi) is 3.61. The molecule has 0 aliphatic rings. The SMILES string of the molecule is O=C(O)c1ccoc1C(O)c1cc(Cl)ccc1Cl. The predicted molar refractivity (Wildman–Crippen MR) is 66.2 cm³/mol. The van der Waals surface area contributed by atoms with Gasteiger partial charge in [0.15, 0.2) is 5.76 Å². The van der Waals surface area contributed by atoms with E-state index in [-0.39, 0.29) is 16.3 Å². The highest BCUT2D eigenvalue weighted by molar-refractivity contribution is 6.33. The fourth-order valence-electron chi connectivity index (χ4n) is 1.57. The van der Waals surface area contributed by atoms with Crippen LogP contribution in [-0.2, 0) is 0 Å². The van der Waals surface area contributed by atoms with Crippen molar-refractivity contribution in [2.45, 2.75) is 6.10 Å². The third-order valence-corrected chi connectivity index (χ3v) is 3.01. The Balaban J connectivity index is 2.47. The number of carboxylic acids is 1. The molecule has 0 aliphatic carbocycles. The van der Waals surface area contributed by atoms with Gasteiger partial charge in [-0.05, 0) is 24.3 Å². The van der Waals surface area contributed by atoms with Crippen LogP contribution in [0.15, 0.2) is 34.9 Å². The van der Waals surface area contributed by atoms with Crippen LogP contribution in [0.3, 0.4) is 0 Å². The van der Waals surface area contributed by atoms with Gasteiger partial charge in [0.05, 0.1) is 6.26 Å². The van der Waals surface area contributed by atoms with Crippen molar-refractivity contribution in [2.24, 2.45) is 0 Å². The smallest absolute Gasteiger partial charge is 0.339 e. The number of aliphatic hydroxyl groups excluding tert-OH is 1. The van der Waals surface area contributed by atoms with Gasteiger partial charge in [0.1, 0.15) is 11.7 Å². The third-order valence-electron chi connectivity index (χ3n) is 2.43. The summed E-state index contributed by atoms with van der Waals surface area (Å²) >= 11 is 11.7. The quantitative estimate of drug-likeness (QED) is 0.908. The Bertz CT molecular complexity index is 592. The number of hydrogen-bond acceptors (Lipinski definition) is 3. The summed E-state index contributed by atoms with van der Waals surface area (Å²) in [5.41, 5.74) is 0.181. The van der Waals surface area contributed by atoms with Crippen LogP contribution >= 0.6 is 23.2 Å². The van der Waals surface area contributed by atoms with Crippen LogP contribution in [0.5, 0.6) is 0 Å². The lowest BCUT2D eigenvalue weighted by atomic mass is 10.0. The summed E-state index contributed by atoms with van der Waals surface area (Å²) in [4.78, 5) is 10.9. The molecule has 0 saturated heterocycles. The molecule has 0 radical (unpaired) electrons. The maximum atomic E-state index is 10.9. The summed E-state index contributed by atoms with van der Waals surface area (Å²) in [5.74, 6) is -1.26. The zero-order valence-electron chi connectivity index (χ0n) is 8.93. The van der Waals surface area contributed by atoms with E-state index in [0.29, 0.717) is 10.6 Å². The van der Waals surface area contributed by atoms with Gasteiger partial charge in [-0.25, -0.2) is 4.79 Å². The van der Waals surface area contributed by atoms with E-state index < -0.39 is 12.1 Å².